The summed E-state index contributed by atoms with van der Waals surface area (Å²) < 4.78 is 0.875. The van der Waals surface area contributed by atoms with Gasteiger partial charge < -0.3 is 10.4 Å². The standard InChI is InChI=1S/C8H6BrNO3S/c9-5-3-7(14-4-5)10-6(11)1-2-8(12)13/h1-4H,(H,10,11)(H,12,13)/b2-1+. The molecule has 2 N–H and O–H groups in total. The number of rotatable bonds is 3. The first-order valence-corrected chi connectivity index (χ1v) is 5.21. The number of hydrogen-bond donors (Lipinski definition) is 2. The van der Waals surface area contributed by atoms with Crippen molar-refractivity contribution in [2.45, 2.75) is 0 Å². The Balaban J connectivity index is 2.53. The van der Waals surface area contributed by atoms with Gasteiger partial charge in [-0.3, -0.25) is 4.79 Å². The average molecular weight is 276 g/mol. The molecule has 0 atom stereocenters. The molecule has 0 fully saturated rings. The van der Waals surface area contributed by atoms with E-state index in [0.29, 0.717) is 5.00 Å². The molecule has 1 heterocycles. The van der Waals surface area contributed by atoms with Crippen LogP contribution in [0.1, 0.15) is 0 Å². The van der Waals surface area contributed by atoms with E-state index in [0.717, 1.165) is 16.6 Å². The number of carboxylic acid groups (broad SMARTS) is 1. The van der Waals surface area contributed by atoms with Crippen molar-refractivity contribution in [2.24, 2.45) is 0 Å². The van der Waals surface area contributed by atoms with Gasteiger partial charge in [-0.1, -0.05) is 0 Å². The van der Waals surface area contributed by atoms with Crippen molar-refractivity contribution < 1.29 is 14.7 Å². The molecule has 14 heavy (non-hydrogen) atoms. The molecule has 0 aliphatic rings. The van der Waals surface area contributed by atoms with Crippen LogP contribution in [0.2, 0.25) is 0 Å². The van der Waals surface area contributed by atoms with E-state index < -0.39 is 11.9 Å². The van der Waals surface area contributed by atoms with Crippen LogP contribution in [-0.2, 0) is 9.59 Å². The molecule has 0 aliphatic heterocycles. The molecule has 1 aromatic heterocycles. The van der Waals surface area contributed by atoms with Crippen LogP contribution >= 0.6 is 27.3 Å². The largest absolute Gasteiger partial charge is 0.478 e. The van der Waals surface area contributed by atoms with E-state index in [-0.39, 0.29) is 0 Å². The van der Waals surface area contributed by atoms with Crippen molar-refractivity contribution in [3.05, 3.63) is 28.1 Å². The van der Waals surface area contributed by atoms with Crippen LogP contribution in [0.3, 0.4) is 0 Å². The number of anilines is 1. The van der Waals surface area contributed by atoms with Crippen molar-refractivity contribution >= 4 is 44.1 Å². The third kappa shape index (κ3) is 3.71. The maximum absolute atomic E-state index is 11.1. The average Bonchev–Trinajstić information content (AvgIpc) is 2.48. The molecule has 0 spiro atoms. The van der Waals surface area contributed by atoms with Crippen molar-refractivity contribution in [1.29, 1.82) is 0 Å². The smallest absolute Gasteiger partial charge is 0.328 e. The predicted molar refractivity (Wildman–Crippen MR) is 57.4 cm³/mol. The molecule has 0 bridgehead atoms. The highest BCUT2D eigenvalue weighted by Gasteiger charge is 2.00. The molecule has 0 saturated heterocycles. The van der Waals surface area contributed by atoms with Gasteiger partial charge in [0.05, 0.1) is 5.00 Å². The van der Waals surface area contributed by atoms with Gasteiger partial charge in [-0.15, -0.1) is 11.3 Å². The summed E-state index contributed by atoms with van der Waals surface area (Å²) in [5.74, 6) is -1.60. The Morgan fingerprint density at radius 2 is 2.21 bits per heavy atom. The number of aliphatic carboxylic acids is 1. The van der Waals surface area contributed by atoms with E-state index in [1.807, 2.05) is 5.38 Å². The minimum atomic E-state index is -1.15. The van der Waals surface area contributed by atoms with E-state index in [4.69, 9.17) is 5.11 Å². The lowest BCUT2D eigenvalue weighted by Gasteiger charge is -1.94. The summed E-state index contributed by atoms with van der Waals surface area (Å²) in [5, 5.41) is 13.3. The first-order valence-electron chi connectivity index (χ1n) is 3.54. The molecule has 6 heteroatoms. The Kier molecular flexibility index (Phi) is 3.84. The summed E-state index contributed by atoms with van der Waals surface area (Å²) in [5.41, 5.74) is 0. The van der Waals surface area contributed by atoms with Crippen LogP contribution in [0, 0.1) is 0 Å². The Morgan fingerprint density at radius 3 is 2.71 bits per heavy atom. The molecule has 1 rings (SSSR count). The minimum absolute atomic E-state index is 0.457. The topological polar surface area (TPSA) is 66.4 Å². The highest BCUT2D eigenvalue weighted by atomic mass is 79.9. The van der Waals surface area contributed by atoms with Crippen molar-refractivity contribution in [3.63, 3.8) is 0 Å². The summed E-state index contributed by atoms with van der Waals surface area (Å²) in [7, 11) is 0. The zero-order valence-electron chi connectivity index (χ0n) is 6.86. The second-order valence-electron chi connectivity index (χ2n) is 2.29. The zero-order valence-corrected chi connectivity index (χ0v) is 9.26. The fourth-order valence-corrected chi connectivity index (χ4v) is 2.01. The molecule has 0 aliphatic carbocycles. The molecular formula is C8H6BrNO3S. The lowest BCUT2D eigenvalue weighted by molar-refractivity contribution is -0.131. The van der Waals surface area contributed by atoms with Crippen LogP contribution in [0.4, 0.5) is 5.00 Å². The number of halogens is 1. The van der Waals surface area contributed by atoms with Gasteiger partial charge in [-0.05, 0) is 22.0 Å². The van der Waals surface area contributed by atoms with Crippen LogP contribution in [0.15, 0.2) is 28.1 Å². The van der Waals surface area contributed by atoms with E-state index in [9.17, 15) is 9.59 Å². The van der Waals surface area contributed by atoms with Gasteiger partial charge in [-0.25, -0.2) is 4.79 Å². The van der Waals surface area contributed by atoms with E-state index in [2.05, 4.69) is 21.2 Å². The van der Waals surface area contributed by atoms with Gasteiger partial charge in [0.2, 0.25) is 5.91 Å². The van der Waals surface area contributed by atoms with E-state index >= 15 is 0 Å². The highest BCUT2D eigenvalue weighted by molar-refractivity contribution is 9.10. The van der Waals surface area contributed by atoms with Gasteiger partial charge >= 0.3 is 5.97 Å². The third-order valence-electron chi connectivity index (χ3n) is 1.19. The zero-order chi connectivity index (χ0) is 10.6. The number of nitrogens with one attached hydrogen (secondary N) is 1. The normalized spacial score (nSPS) is 10.4. The first-order chi connectivity index (χ1) is 6.58. The van der Waals surface area contributed by atoms with E-state index in [1.54, 1.807) is 6.07 Å². The molecule has 1 aromatic rings. The number of carbonyl (C=O) groups excluding carboxylic acids is 1. The number of hydrogen-bond acceptors (Lipinski definition) is 3. The molecule has 74 valence electrons. The van der Waals surface area contributed by atoms with Crippen LogP contribution < -0.4 is 5.32 Å². The summed E-state index contributed by atoms with van der Waals surface area (Å²) in [6.07, 6.45) is 1.76. The van der Waals surface area contributed by atoms with Gasteiger partial charge in [0.15, 0.2) is 0 Å². The maximum Gasteiger partial charge on any atom is 0.328 e. The number of amides is 1. The number of thiophene rings is 1. The van der Waals surface area contributed by atoms with E-state index in [1.165, 1.54) is 11.3 Å². The Bertz CT molecular complexity index is 386. The number of carbonyl (C=O) groups is 2. The fraction of sp³-hybridized carbons (Fsp3) is 0. The Hall–Kier alpha value is -1.14. The molecule has 1 amide bonds. The molecule has 0 radical (unpaired) electrons. The monoisotopic (exact) mass is 275 g/mol. The van der Waals surface area contributed by atoms with Crippen molar-refractivity contribution in [1.82, 2.24) is 0 Å². The maximum atomic E-state index is 11.1. The van der Waals surface area contributed by atoms with Gasteiger partial charge in [0, 0.05) is 22.0 Å². The van der Waals surface area contributed by atoms with Crippen molar-refractivity contribution in [2.75, 3.05) is 5.32 Å². The fourth-order valence-electron chi connectivity index (χ4n) is 0.689. The van der Waals surface area contributed by atoms with Crippen LogP contribution in [0.25, 0.3) is 0 Å². The quantitative estimate of drug-likeness (QED) is 0.831. The van der Waals surface area contributed by atoms with Gasteiger partial charge in [0.1, 0.15) is 0 Å². The summed E-state index contributed by atoms with van der Waals surface area (Å²) >= 11 is 4.58. The molecule has 0 saturated carbocycles. The molecule has 0 aromatic carbocycles. The van der Waals surface area contributed by atoms with Crippen LogP contribution in [-0.4, -0.2) is 17.0 Å². The second kappa shape index (κ2) is 4.92. The predicted octanol–water partition coefficient (Wildman–Crippen LogP) is 2.09. The van der Waals surface area contributed by atoms with Gasteiger partial charge in [-0.2, -0.15) is 0 Å². The van der Waals surface area contributed by atoms with Gasteiger partial charge in [0.25, 0.3) is 0 Å². The highest BCUT2D eigenvalue weighted by Crippen LogP contribution is 2.24. The molecule has 4 nitrogen and oxygen atoms in total. The van der Waals surface area contributed by atoms with Crippen LogP contribution in [0.5, 0.6) is 0 Å². The second-order valence-corrected chi connectivity index (χ2v) is 4.12. The Labute approximate surface area is 92.4 Å². The minimum Gasteiger partial charge on any atom is -0.478 e. The summed E-state index contributed by atoms with van der Waals surface area (Å²) in [6, 6.07) is 1.73. The number of carboxylic acids is 1. The SMILES string of the molecule is O=C(O)/C=C/C(=O)Nc1cc(Br)cs1. The Morgan fingerprint density at radius 1 is 1.50 bits per heavy atom. The first kappa shape index (κ1) is 10.9. The van der Waals surface area contributed by atoms with Crippen molar-refractivity contribution in [3.8, 4) is 0 Å². The summed E-state index contributed by atoms with van der Waals surface area (Å²) in [4.78, 5) is 21.1. The lowest BCUT2D eigenvalue weighted by Crippen LogP contribution is -2.07. The molecular weight excluding hydrogens is 270 g/mol. The lowest BCUT2D eigenvalue weighted by atomic mass is 10.4. The summed E-state index contributed by atoms with van der Waals surface area (Å²) in [6.45, 7) is 0. The molecule has 0 unspecified atom stereocenters. The third-order valence-corrected chi connectivity index (χ3v) is 2.80.